The molecule has 1 heterocycles. The van der Waals surface area contributed by atoms with Crippen LogP contribution in [0.5, 0.6) is 23.0 Å². The Morgan fingerprint density at radius 3 is 2.31 bits per heavy atom. The average Bonchev–Trinajstić information content (AvgIpc) is 2.71. The van der Waals surface area contributed by atoms with E-state index in [0.29, 0.717) is 22.8 Å². The third kappa shape index (κ3) is 3.98. The monoisotopic (exact) mass is 398 g/mol. The Bertz CT molecular complexity index is 1150. The predicted octanol–water partition coefficient (Wildman–Crippen LogP) is 1.86. The fraction of sp³-hybridized carbons (Fsp3) is 0.150. The lowest BCUT2D eigenvalue weighted by Gasteiger charge is -2.13. The van der Waals surface area contributed by atoms with Gasteiger partial charge in [0.05, 0.1) is 12.6 Å². The van der Waals surface area contributed by atoms with Crippen molar-refractivity contribution < 1.29 is 29.3 Å². The quantitative estimate of drug-likeness (QED) is 0.578. The molecule has 0 unspecified atom stereocenters. The molecule has 0 atom stereocenters. The van der Waals surface area contributed by atoms with Gasteiger partial charge in [0.15, 0.2) is 0 Å². The van der Waals surface area contributed by atoms with Gasteiger partial charge >= 0.3 is 5.97 Å². The minimum atomic E-state index is -1.27. The molecule has 3 N–H and O–H groups in total. The summed E-state index contributed by atoms with van der Waals surface area (Å²) in [6, 6.07) is 11.6. The van der Waals surface area contributed by atoms with Gasteiger partial charge in [-0.2, -0.15) is 0 Å². The Morgan fingerprint density at radius 2 is 1.69 bits per heavy atom. The minimum Gasteiger partial charge on any atom is -0.506 e. The Morgan fingerprint density at radius 1 is 1.07 bits per heavy atom. The van der Waals surface area contributed by atoms with E-state index >= 15 is 0 Å². The first-order valence-corrected chi connectivity index (χ1v) is 8.49. The molecule has 0 bridgehead atoms. The number of benzene rings is 2. The molecule has 0 aliphatic heterocycles. The van der Waals surface area contributed by atoms with Crippen molar-refractivity contribution in [1.82, 2.24) is 9.88 Å². The third-order valence-electron chi connectivity index (χ3n) is 4.26. The number of aliphatic carboxylic acids is 1. The van der Waals surface area contributed by atoms with E-state index in [0.717, 1.165) is 0 Å². The number of aromatic hydroxyl groups is 1. The zero-order chi connectivity index (χ0) is 21.1. The number of aryl methyl sites for hydroxylation is 1. The highest BCUT2D eigenvalue weighted by Gasteiger charge is 2.21. The molecule has 150 valence electrons. The van der Waals surface area contributed by atoms with Crippen LogP contribution in [-0.2, 0) is 11.8 Å². The summed E-state index contributed by atoms with van der Waals surface area (Å²) in [5, 5.41) is 21.4. The first kappa shape index (κ1) is 19.7. The third-order valence-corrected chi connectivity index (χ3v) is 4.26. The van der Waals surface area contributed by atoms with Crippen LogP contribution >= 0.6 is 0 Å². The van der Waals surface area contributed by atoms with Gasteiger partial charge in [0.25, 0.3) is 11.5 Å². The van der Waals surface area contributed by atoms with Gasteiger partial charge in [-0.3, -0.25) is 14.4 Å². The van der Waals surface area contributed by atoms with E-state index in [2.05, 4.69) is 5.32 Å². The normalized spacial score (nSPS) is 10.6. The van der Waals surface area contributed by atoms with Crippen molar-refractivity contribution in [3.8, 4) is 23.0 Å². The lowest BCUT2D eigenvalue weighted by molar-refractivity contribution is -0.135. The summed E-state index contributed by atoms with van der Waals surface area (Å²) in [7, 11) is 3.00. The molecule has 29 heavy (non-hydrogen) atoms. The van der Waals surface area contributed by atoms with E-state index in [4.69, 9.17) is 14.6 Å². The SMILES string of the molecule is COc1ccc(Oc2ccc3c(O)c(C(=O)NCC(=O)O)c(=O)n(C)c3c2)cc1. The van der Waals surface area contributed by atoms with E-state index < -0.39 is 35.3 Å². The lowest BCUT2D eigenvalue weighted by atomic mass is 10.1. The van der Waals surface area contributed by atoms with Crippen LogP contribution in [0, 0.1) is 0 Å². The molecule has 0 radical (unpaired) electrons. The van der Waals surface area contributed by atoms with Crippen molar-refractivity contribution in [3.05, 3.63) is 58.4 Å². The Balaban J connectivity index is 2.00. The fourth-order valence-electron chi connectivity index (χ4n) is 2.79. The zero-order valence-electron chi connectivity index (χ0n) is 15.6. The predicted molar refractivity (Wildman–Crippen MR) is 104 cm³/mol. The standard InChI is InChI=1S/C20H18N2O7/c1-22-15-9-13(29-12-5-3-11(28-2)4-6-12)7-8-14(15)18(25)17(20(22)27)19(26)21-10-16(23)24/h3-9,25H,10H2,1-2H3,(H,21,26)(H,23,24). The van der Waals surface area contributed by atoms with Crippen molar-refractivity contribution in [3.63, 3.8) is 0 Å². The van der Waals surface area contributed by atoms with Gasteiger partial charge in [0, 0.05) is 18.5 Å². The second-order valence-electron chi connectivity index (χ2n) is 6.12. The Kier molecular flexibility index (Phi) is 5.40. The molecule has 9 heteroatoms. The van der Waals surface area contributed by atoms with Crippen LogP contribution < -0.4 is 20.3 Å². The van der Waals surface area contributed by atoms with Crippen molar-refractivity contribution >= 4 is 22.8 Å². The maximum absolute atomic E-state index is 12.6. The highest BCUT2D eigenvalue weighted by atomic mass is 16.5. The summed E-state index contributed by atoms with van der Waals surface area (Å²) in [4.78, 5) is 35.4. The molecule has 0 aliphatic rings. The van der Waals surface area contributed by atoms with Crippen LogP contribution in [-0.4, -0.2) is 40.3 Å². The van der Waals surface area contributed by atoms with E-state index in [-0.39, 0.29) is 5.39 Å². The van der Waals surface area contributed by atoms with Gasteiger partial charge < -0.3 is 29.6 Å². The van der Waals surface area contributed by atoms with Crippen LogP contribution in [0.25, 0.3) is 10.9 Å². The maximum Gasteiger partial charge on any atom is 0.322 e. The Labute approximate surface area is 164 Å². The second kappa shape index (κ2) is 7.93. The van der Waals surface area contributed by atoms with Gasteiger partial charge in [0.1, 0.15) is 35.1 Å². The molecular weight excluding hydrogens is 380 g/mol. The summed E-state index contributed by atoms with van der Waals surface area (Å²) in [6.45, 7) is -0.673. The number of aromatic nitrogens is 1. The van der Waals surface area contributed by atoms with Crippen molar-refractivity contribution in [2.24, 2.45) is 7.05 Å². The number of carbonyl (C=O) groups excluding carboxylic acids is 1. The fourth-order valence-corrected chi connectivity index (χ4v) is 2.79. The van der Waals surface area contributed by atoms with E-state index in [1.54, 1.807) is 43.5 Å². The highest BCUT2D eigenvalue weighted by molar-refractivity contribution is 6.03. The first-order valence-electron chi connectivity index (χ1n) is 8.49. The number of amides is 1. The average molecular weight is 398 g/mol. The van der Waals surface area contributed by atoms with Crippen LogP contribution in [0.2, 0.25) is 0 Å². The van der Waals surface area contributed by atoms with Gasteiger partial charge in [-0.25, -0.2) is 0 Å². The number of hydrogen-bond acceptors (Lipinski definition) is 6. The van der Waals surface area contributed by atoms with E-state index in [1.165, 1.54) is 17.7 Å². The van der Waals surface area contributed by atoms with E-state index in [9.17, 15) is 19.5 Å². The minimum absolute atomic E-state index is 0.245. The number of nitrogens with zero attached hydrogens (tertiary/aromatic N) is 1. The van der Waals surface area contributed by atoms with Crippen LogP contribution in [0.4, 0.5) is 0 Å². The van der Waals surface area contributed by atoms with Gasteiger partial charge in [-0.05, 0) is 36.4 Å². The highest BCUT2D eigenvalue weighted by Crippen LogP contribution is 2.31. The smallest absolute Gasteiger partial charge is 0.322 e. The summed E-state index contributed by atoms with van der Waals surface area (Å²) in [5.74, 6) is -1.12. The van der Waals surface area contributed by atoms with Crippen molar-refractivity contribution in [2.45, 2.75) is 0 Å². The van der Waals surface area contributed by atoms with Crippen LogP contribution in [0.15, 0.2) is 47.3 Å². The number of methoxy groups -OCH3 is 1. The summed E-state index contributed by atoms with van der Waals surface area (Å²) >= 11 is 0. The lowest BCUT2D eigenvalue weighted by Crippen LogP contribution is -2.35. The number of hydrogen-bond donors (Lipinski definition) is 3. The number of carbonyl (C=O) groups is 2. The zero-order valence-corrected chi connectivity index (χ0v) is 15.6. The summed E-state index contributed by atoms with van der Waals surface area (Å²) < 4.78 is 12.0. The summed E-state index contributed by atoms with van der Waals surface area (Å²) in [5.41, 5.74) is -0.946. The number of fused-ring (bicyclic) bond motifs is 1. The van der Waals surface area contributed by atoms with Crippen LogP contribution in [0.3, 0.4) is 0 Å². The molecule has 0 spiro atoms. The largest absolute Gasteiger partial charge is 0.506 e. The van der Waals surface area contributed by atoms with Gasteiger partial charge in [-0.15, -0.1) is 0 Å². The maximum atomic E-state index is 12.6. The number of rotatable bonds is 6. The van der Waals surface area contributed by atoms with Crippen LogP contribution in [0.1, 0.15) is 10.4 Å². The number of ether oxygens (including phenoxy) is 2. The number of carboxylic acids is 1. The number of nitrogens with one attached hydrogen (secondary N) is 1. The molecule has 1 amide bonds. The molecule has 0 saturated carbocycles. The first-order chi connectivity index (χ1) is 13.8. The van der Waals surface area contributed by atoms with Crippen molar-refractivity contribution in [2.75, 3.05) is 13.7 Å². The molecule has 0 aliphatic carbocycles. The molecule has 2 aromatic carbocycles. The van der Waals surface area contributed by atoms with Gasteiger partial charge in [-0.1, -0.05) is 0 Å². The molecule has 3 aromatic rings. The molecule has 3 rings (SSSR count). The Hall–Kier alpha value is -4.01. The second-order valence-corrected chi connectivity index (χ2v) is 6.12. The molecule has 9 nitrogen and oxygen atoms in total. The van der Waals surface area contributed by atoms with Crippen molar-refractivity contribution in [1.29, 1.82) is 0 Å². The van der Waals surface area contributed by atoms with E-state index in [1.807, 2.05) is 0 Å². The molecule has 1 aromatic heterocycles. The summed E-state index contributed by atoms with van der Waals surface area (Å²) in [6.07, 6.45) is 0. The molecular formula is C20H18N2O7. The number of carboxylic acid groups (broad SMARTS) is 1. The number of pyridine rings is 1. The van der Waals surface area contributed by atoms with Gasteiger partial charge in [0.2, 0.25) is 0 Å². The topological polar surface area (TPSA) is 127 Å². The molecule has 0 saturated heterocycles. The molecule has 0 fully saturated rings.